The monoisotopic (exact) mass is 209 g/mol. The number of hydrogen-bond acceptors (Lipinski definition) is 4. The summed E-state index contributed by atoms with van der Waals surface area (Å²) in [4.78, 5) is 0. The van der Waals surface area contributed by atoms with Gasteiger partial charge in [0.05, 0.1) is 12.7 Å². The van der Waals surface area contributed by atoms with Crippen LogP contribution in [-0.2, 0) is 13.6 Å². The lowest BCUT2D eigenvalue weighted by Crippen LogP contribution is -2.28. The van der Waals surface area contributed by atoms with E-state index in [9.17, 15) is 0 Å². The maximum absolute atomic E-state index is 9.07. The maximum atomic E-state index is 9.07. The van der Waals surface area contributed by atoms with Crippen molar-refractivity contribution in [3.8, 4) is 6.07 Å². The Morgan fingerprint density at radius 2 is 2.40 bits per heavy atom. The molecule has 5 nitrogen and oxygen atoms in total. The van der Waals surface area contributed by atoms with Crippen LogP contribution in [0.2, 0.25) is 0 Å². The Labute approximate surface area is 88.6 Å². The summed E-state index contributed by atoms with van der Waals surface area (Å²) in [6.45, 7) is 0.672. The highest BCUT2D eigenvalue weighted by molar-refractivity contribution is 5.28. The van der Waals surface area contributed by atoms with Gasteiger partial charge in [0.25, 0.3) is 0 Å². The largest absolute Gasteiger partial charge is 0.394 e. The summed E-state index contributed by atoms with van der Waals surface area (Å²) >= 11 is 0. The Morgan fingerprint density at radius 3 is 2.93 bits per heavy atom. The maximum Gasteiger partial charge on any atom is 0.120 e. The summed E-state index contributed by atoms with van der Waals surface area (Å²) in [6.07, 6.45) is 1.13. The fourth-order valence-corrected chi connectivity index (χ4v) is 1.29. The smallest absolute Gasteiger partial charge is 0.120 e. The van der Waals surface area contributed by atoms with E-state index in [0.29, 0.717) is 18.8 Å². The number of aliphatic hydroxyl groups is 2. The number of hydrogen-bond donors (Lipinski definition) is 3. The first-order chi connectivity index (χ1) is 7.17. The number of rotatable bonds is 5. The standard InChI is InChI=1S/C10H15N3O2/c1-13-6-8(2-9(13)3-11)4-12-5-10(15)7-14/h2,6,10,12,14-15H,4-5,7H2,1H3. The molecule has 15 heavy (non-hydrogen) atoms. The lowest BCUT2D eigenvalue weighted by Gasteiger charge is -2.07. The zero-order valence-electron chi connectivity index (χ0n) is 8.64. The van der Waals surface area contributed by atoms with Gasteiger partial charge in [0, 0.05) is 26.3 Å². The fourth-order valence-electron chi connectivity index (χ4n) is 1.29. The van der Waals surface area contributed by atoms with Gasteiger partial charge in [-0.15, -0.1) is 0 Å². The lowest BCUT2D eigenvalue weighted by atomic mass is 10.3. The van der Waals surface area contributed by atoms with Crippen LogP contribution >= 0.6 is 0 Å². The van der Waals surface area contributed by atoms with Crippen LogP contribution in [0.4, 0.5) is 0 Å². The minimum Gasteiger partial charge on any atom is -0.394 e. The molecule has 0 saturated carbocycles. The molecule has 82 valence electrons. The Balaban J connectivity index is 2.42. The second kappa shape index (κ2) is 5.51. The van der Waals surface area contributed by atoms with Gasteiger partial charge in [-0.1, -0.05) is 0 Å². The fraction of sp³-hybridized carbons (Fsp3) is 0.500. The van der Waals surface area contributed by atoms with E-state index in [2.05, 4.69) is 11.4 Å². The predicted octanol–water partition coefficient (Wildman–Crippen LogP) is -0.660. The second-order valence-corrected chi connectivity index (χ2v) is 3.42. The Morgan fingerprint density at radius 1 is 1.67 bits per heavy atom. The number of aliphatic hydroxyl groups excluding tert-OH is 2. The molecule has 3 N–H and O–H groups in total. The van der Waals surface area contributed by atoms with E-state index in [4.69, 9.17) is 15.5 Å². The molecule has 1 heterocycles. The third-order valence-corrected chi connectivity index (χ3v) is 2.10. The number of nitrogens with one attached hydrogen (secondary N) is 1. The van der Waals surface area contributed by atoms with Gasteiger partial charge in [-0.2, -0.15) is 5.26 Å². The highest BCUT2D eigenvalue weighted by Crippen LogP contribution is 2.05. The summed E-state index contributed by atoms with van der Waals surface area (Å²) in [6, 6.07) is 3.86. The van der Waals surface area contributed by atoms with E-state index in [1.54, 1.807) is 10.6 Å². The average Bonchev–Trinajstić information content (AvgIpc) is 2.58. The van der Waals surface area contributed by atoms with Crippen molar-refractivity contribution in [3.05, 3.63) is 23.5 Å². The van der Waals surface area contributed by atoms with Gasteiger partial charge in [0.15, 0.2) is 0 Å². The molecule has 0 fully saturated rings. The summed E-state index contributed by atoms with van der Waals surface area (Å²) < 4.78 is 1.75. The first-order valence-electron chi connectivity index (χ1n) is 4.72. The molecule has 0 aromatic carbocycles. The van der Waals surface area contributed by atoms with Gasteiger partial charge < -0.3 is 20.1 Å². The topological polar surface area (TPSA) is 81.2 Å². The highest BCUT2D eigenvalue weighted by atomic mass is 16.3. The number of aryl methyl sites for hydroxylation is 1. The van der Waals surface area contributed by atoms with E-state index >= 15 is 0 Å². The molecular weight excluding hydrogens is 194 g/mol. The van der Waals surface area contributed by atoms with Crippen LogP contribution < -0.4 is 5.32 Å². The predicted molar refractivity (Wildman–Crippen MR) is 54.9 cm³/mol. The van der Waals surface area contributed by atoms with Crippen molar-refractivity contribution < 1.29 is 10.2 Å². The molecule has 0 radical (unpaired) electrons. The zero-order chi connectivity index (χ0) is 11.3. The van der Waals surface area contributed by atoms with Crippen molar-refractivity contribution in [2.24, 2.45) is 7.05 Å². The van der Waals surface area contributed by atoms with Gasteiger partial charge in [0.2, 0.25) is 0 Å². The van der Waals surface area contributed by atoms with Crippen LogP contribution in [0.5, 0.6) is 0 Å². The van der Waals surface area contributed by atoms with Crippen molar-refractivity contribution in [2.75, 3.05) is 13.2 Å². The quantitative estimate of drug-likeness (QED) is 0.601. The third-order valence-electron chi connectivity index (χ3n) is 2.10. The van der Waals surface area contributed by atoms with Crippen LogP contribution in [0.25, 0.3) is 0 Å². The first-order valence-corrected chi connectivity index (χ1v) is 4.72. The second-order valence-electron chi connectivity index (χ2n) is 3.42. The normalized spacial score (nSPS) is 12.4. The summed E-state index contributed by atoms with van der Waals surface area (Å²) in [5.74, 6) is 0. The van der Waals surface area contributed by atoms with Crippen LogP contribution in [0.15, 0.2) is 12.3 Å². The van der Waals surface area contributed by atoms with Gasteiger partial charge >= 0.3 is 0 Å². The SMILES string of the molecule is Cn1cc(CNCC(O)CO)cc1C#N. The molecule has 0 amide bonds. The Bertz CT molecular complexity index is 354. The number of nitriles is 1. The molecule has 1 aromatic rings. The van der Waals surface area contributed by atoms with Crippen molar-refractivity contribution in [1.29, 1.82) is 5.26 Å². The van der Waals surface area contributed by atoms with Gasteiger partial charge in [0.1, 0.15) is 11.8 Å². The van der Waals surface area contributed by atoms with Crippen LogP contribution in [-0.4, -0.2) is 34.0 Å². The van der Waals surface area contributed by atoms with Crippen LogP contribution in [0.1, 0.15) is 11.3 Å². The lowest BCUT2D eigenvalue weighted by molar-refractivity contribution is 0.0942. The van der Waals surface area contributed by atoms with Gasteiger partial charge in [-0.25, -0.2) is 0 Å². The molecule has 0 aliphatic heterocycles. The molecule has 0 aliphatic rings. The minimum absolute atomic E-state index is 0.245. The molecule has 1 unspecified atom stereocenters. The summed E-state index contributed by atoms with van der Waals surface area (Å²) in [7, 11) is 1.81. The number of nitrogens with zero attached hydrogens (tertiary/aromatic N) is 2. The first kappa shape index (κ1) is 11.7. The summed E-state index contributed by atoms with van der Waals surface area (Å²) in [5.41, 5.74) is 1.59. The molecule has 0 saturated heterocycles. The highest BCUT2D eigenvalue weighted by Gasteiger charge is 2.03. The van der Waals surface area contributed by atoms with Gasteiger partial charge in [-0.3, -0.25) is 0 Å². The van der Waals surface area contributed by atoms with Crippen molar-refractivity contribution in [1.82, 2.24) is 9.88 Å². The third kappa shape index (κ3) is 3.36. The Hall–Kier alpha value is -1.35. The van der Waals surface area contributed by atoms with Crippen molar-refractivity contribution >= 4 is 0 Å². The van der Waals surface area contributed by atoms with Gasteiger partial charge in [-0.05, 0) is 11.6 Å². The number of aromatic nitrogens is 1. The van der Waals surface area contributed by atoms with Crippen molar-refractivity contribution in [2.45, 2.75) is 12.6 Å². The molecule has 0 bridgehead atoms. The van der Waals surface area contributed by atoms with E-state index in [1.807, 2.05) is 13.2 Å². The molecule has 0 aliphatic carbocycles. The molecule has 1 rings (SSSR count). The van der Waals surface area contributed by atoms with Crippen LogP contribution in [0, 0.1) is 11.3 Å². The van der Waals surface area contributed by atoms with E-state index in [-0.39, 0.29) is 6.61 Å². The summed E-state index contributed by atoms with van der Waals surface area (Å²) in [5, 5.41) is 29.4. The molecular formula is C10H15N3O2. The van der Waals surface area contributed by atoms with Crippen molar-refractivity contribution in [3.63, 3.8) is 0 Å². The Kier molecular flexibility index (Phi) is 4.31. The molecule has 1 aromatic heterocycles. The molecule has 1 atom stereocenters. The van der Waals surface area contributed by atoms with E-state index < -0.39 is 6.10 Å². The molecule has 0 spiro atoms. The van der Waals surface area contributed by atoms with E-state index in [0.717, 1.165) is 5.56 Å². The zero-order valence-corrected chi connectivity index (χ0v) is 8.64. The molecule has 5 heteroatoms. The minimum atomic E-state index is -0.732. The van der Waals surface area contributed by atoms with Crippen LogP contribution in [0.3, 0.4) is 0 Å². The van der Waals surface area contributed by atoms with E-state index in [1.165, 1.54) is 0 Å². The average molecular weight is 209 g/mol.